The SMILES string of the molecule is CCCCOC1=CC(N2CCNCC2)=CC=C(Cl)C1. The Kier molecular flexibility index (Phi) is 5.80. The molecule has 0 amide bonds. The van der Waals surface area contributed by atoms with E-state index in [9.17, 15) is 0 Å². The summed E-state index contributed by atoms with van der Waals surface area (Å²) in [6.07, 6.45) is 9.18. The summed E-state index contributed by atoms with van der Waals surface area (Å²) in [4.78, 5) is 2.38. The molecular formula is C15H23ClN2O. The van der Waals surface area contributed by atoms with Crippen molar-refractivity contribution in [1.82, 2.24) is 10.2 Å². The van der Waals surface area contributed by atoms with Crippen molar-refractivity contribution in [2.75, 3.05) is 32.8 Å². The summed E-state index contributed by atoms with van der Waals surface area (Å²) in [5.41, 5.74) is 1.21. The maximum absolute atomic E-state index is 6.20. The Morgan fingerprint density at radius 2 is 2.11 bits per heavy atom. The Morgan fingerprint density at radius 3 is 2.84 bits per heavy atom. The molecule has 19 heavy (non-hydrogen) atoms. The van der Waals surface area contributed by atoms with E-state index in [4.69, 9.17) is 16.3 Å². The molecule has 3 nitrogen and oxygen atoms in total. The molecule has 2 aliphatic rings. The van der Waals surface area contributed by atoms with Crippen molar-refractivity contribution in [2.24, 2.45) is 0 Å². The van der Waals surface area contributed by atoms with Gasteiger partial charge >= 0.3 is 0 Å². The van der Waals surface area contributed by atoms with Crippen LogP contribution in [0.5, 0.6) is 0 Å². The second kappa shape index (κ2) is 7.61. The van der Waals surface area contributed by atoms with E-state index in [0.29, 0.717) is 6.42 Å². The first-order chi connectivity index (χ1) is 9.29. The molecule has 1 fully saturated rings. The summed E-state index contributed by atoms with van der Waals surface area (Å²) in [5.74, 6) is 0.983. The summed E-state index contributed by atoms with van der Waals surface area (Å²) in [6, 6.07) is 0. The molecule has 1 aliphatic carbocycles. The molecule has 1 N–H and O–H groups in total. The van der Waals surface area contributed by atoms with Crippen molar-refractivity contribution >= 4 is 11.6 Å². The number of piperazine rings is 1. The van der Waals surface area contributed by atoms with Crippen LogP contribution >= 0.6 is 11.6 Å². The molecule has 0 radical (unpaired) electrons. The minimum absolute atomic E-state index is 0.706. The Morgan fingerprint density at radius 1 is 1.32 bits per heavy atom. The van der Waals surface area contributed by atoms with Gasteiger partial charge in [0.15, 0.2) is 0 Å². The molecule has 0 atom stereocenters. The van der Waals surface area contributed by atoms with E-state index in [2.05, 4.69) is 29.3 Å². The third-order valence-electron chi connectivity index (χ3n) is 3.35. The Hall–Kier alpha value is -0.930. The van der Waals surface area contributed by atoms with Gasteiger partial charge in [0.25, 0.3) is 0 Å². The van der Waals surface area contributed by atoms with Crippen LogP contribution in [0.25, 0.3) is 0 Å². The Balaban J connectivity index is 2.04. The number of nitrogens with zero attached hydrogens (tertiary/aromatic N) is 1. The van der Waals surface area contributed by atoms with Gasteiger partial charge in [0.05, 0.1) is 6.61 Å². The van der Waals surface area contributed by atoms with Gasteiger partial charge in [-0.2, -0.15) is 0 Å². The maximum atomic E-state index is 6.20. The van der Waals surface area contributed by atoms with Crippen molar-refractivity contribution in [3.05, 3.63) is 34.7 Å². The van der Waals surface area contributed by atoms with E-state index in [-0.39, 0.29) is 0 Å². The fourth-order valence-corrected chi connectivity index (χ4v) is 2.42. The molecule has 0 unspecified atom stereocenters. The zero-order valence-corrected chi connectivity index (χ0v) is 12.4. The molecule has 4 heteroatoms. The molecule has 2 rings (SSSR count). The fraction of sp³-hybridized carbons (Fsp3) is 0.600. The van der Waals surface area contributed by atoms with Gasteiger partial charge in [-0.3, -0.25) is 0 Å². The third-order valence-corrected chi connectivity index (χ3v) is 3.61. The van der Waals surface area contributed by atoms with Crippen molar-refractivity contribution in [3.63, 3.8) is 0 Å². The van der Waals surface area contributed by atoms with Crippen LogP contribution in [0.1, 0.15) is 26.2 Å². The molecule has 0 bridgehead atoms. The van der Waals surface area contributed by atoms with Crippen molar-refractivity contribution in [2.45, 2.75) is 26.2 Å². The minimum atomic E-state index is 0.706. The predicted octanol–water partition coefficient (Wildman–Crippen LogP) is 3.00. The number of ether oxygens (including phenoxy) is 1. The first-order valence-corrected chi connectivity index (χ1v) is 7.53. The number of allylic oxidation sites excluding steroid dienone is 4. The minimum Gasteiger partial charge on any atom is -0.497 e. The van der Waals surface area contributed by atoms with Gasteiger partial charge in [-0.25, -0.2) is 0 Å². The second-order valence-corrected chi connectivity index (χ2v) is 5.42. The lowest BCUT2D eigenvalue weighted by molar-refractivity contribution is 0.201. The summed E-state index contributed by atoms with van der Waals surface area (Å²) in [5, 5.41) is 4.21. The number of hydrogen-bond donors (Lipinski definition) is 1. The highest BCUT2D eigenvalue weighted by Crippen LogP contribution is 2.23. The fourth-order valence-electron chi connectivity index (χ4n) is 2.23. The third kappa shape index (κ3) is 4.59. The van der Waals surface area contributed by atoms with Crippen LogP contribution in [0.2, 0.25) is 0 Å². The number of unbranched alkanes of at least 4 members (excludes halogenated alkanes) is 1. The molecular weight excluding hydrogens is 260 g/mol. The first kappa shape index (κ1) is 14.5. The number of rotatable bonds is 5. The topological polar surface area (TPSA) is 24.5 Å². The highest BCUT2D eigenvalue weighted by atomic mass is 35.5. The maximum Gasteiger partial charge on any atom is 0.103 e. The van der Waals surface area contributed by atoms with Gasteiger partial charge in [-0.1, -0.05) is 24.9 Å². The van der Waals surface area contributed by atoms with Crippen LogP contribution < -0.4 is 5.32 Å². The highest BCUT2D eigenvalue weighted by molar-refractivity contribution is 6.29. The summed E-state index contributed by atoms with van der Waals surface area (Å²) < 4.78 is 5.85. The molecule has 1 heterocycles. The Bertz CT molecular complexity index is 382. The second-order valence-electron chi connectivity index (χ2n) is 4.93. The van der Waals surface area contributed by atoms with E-state index >= 15 is 0 Å². The standard InChI is InChI=1S/C15H23ClN2O/c1-2-3-10-19-15-11-13(16)4-5-14(12-15)18-8-6-17-7-9-18/h4-5,12,17H,2-3,6-11H2,1H3. The van der Waals surface area contributed by atoms with Crippen LogP contribution in [-0.2, 0) is 4.74 Å². The smallest absolute Gasteiger partial charge is 0.103 e. The molecule has 0 saturated carbocycles. The summed E-state index contributed by atoms with van der Waals surface area (Å²) >= 11 is 6.20. The van der Waals surface area contributed by atoms with Gasteiger partial charge < -0.3 is 15.0 Å². The number of nitrogens with one attached hydrogen (secondary N) is 1. The van der Waals surface area contributed by atoms with Crippen LogP contribution in [0.4, 0.5) is 0 Å². The molecule has 0 aromatic rings. The van der Waals surface area contributed by atoms with Crippen molar-refractivity contribution in [1.29, 1.82) is 0 Å². The average molecular weight is 283 g/mol. The van der Waals surface area contributed by atoms with Gasteiger partial charge in [0.2, 0.25) is 0 Å². The predicted molar refractivity (Wildman–Crippen MR) is 80.0 cm³/mol. The van der Waals surface area contributed by atoms with Gasteiger partial charge in [-0.15, -0.1) is 0 Å². The molecule has 106 valence electrons. The van der Waals surface area contributed by atoms with E-state index in [1.54, 1.807) is 0 Å². The largest absolute Gasteiger partial charge is 0.497 e. The summed E-state index contributed by atoms with van der Waals surface area (Å²) in [7, 11) is 0. The van der Waals surface area contributed by atoms with Crippen molar-refractivity contribution < 1.29 is 4.74 Å². The van der Waals surface area contributed by atoms with E-state index in [1.165, 1.54) is 5.70 Å². The quantitative estimate of drug-likeness (QED) is 0.785. The summed E-state index contributed by atoms with van der Waals surface area (Å²) in [6.45, 7) is 7.10. The van der Waals surface area contributed by atoms with Crippen molar-refractivity contribution in [3.8, 4) is 0 Å². The molecule has 1 aliphatic heterocycles. The molecule has 0 aromatic carbocycles. The lowest BCUT2D eigenvalue weighted by Gasteiger charge is -2.30. The normalized spacial score (nSPS) is 20.3. The van der Waals surface area contributed by atoms with Gasteiger partial charge in [-0.05, 0) is 24.6 Å². The van der Waals surface area contributed by atoms with Crippen LogP contribution in [0, 0.1) is 0 Å². The average Bonchev–Trinajstić information content (AvgIpc) is 2.62. The molecule has 0 spiro atoms. The zero-order valence-electron chi connectivity index (χ0n) is 11.6. The van der Waals surface area contributed by atoms with Crippen LogP contribution in [0.3, 0.4) is 0 Å². The lowest BCUT2D eigenvalue weighted by Crippen LogP contribution is -2.42. The van der Waals surface area contributed by atoms with E-state index < -0.39 is 0 Å². The molecule has 0 aromatic heterocycles. The number of halogens is 1. The first-order valence-electron chi connectivity index (χ1n) is 7.15. The molecule has 1 saturated heterocycles. The highest BCUT2D eigenvalue weighted by Gasteiger charge is 2.14. The monoisotopic (exact) mass is 282 g/mol. The van der Waals surface area contributed by atoms with E-state index in [1.807, 2.05) is 6.08 Å². The van der Waals surface area contributed by atoms with Gasteiger partial charge in [0.1, 0.15) is 5.76 Å². The van der Waals surface area contributed by atoms with Crippen LogP contribution in [0.15, 0.2) is 34.7 Å². The number of hydrogen-bond acceptors (Lipinski definition) is 3. The lowest BCUT2D eigenvalue weighted by atomic mass is 10.2. The van der Waals surface area contributed by atoms with Gasteiger partial charge in [0, 0.05) is 43.3 Å². The van der Waals surface area contributed by atoms with Crippen LogP contribution in [-0.4, -0.2) is 37.7 Å². The Labute approximate surface area is 120 Å². The zero-order chi connectivity index (χ0) is 13.5. The van der Waals surface area contributed by atoms with E-state index in [0.717, 1.165) is 56.4 Å².